The number of benzene rings is 2. The van der Waals surface area contributed by atoms with Crippen molar-refractivity contribution in [3.63, 3.8) is 0 Å². The van der Waals surface area contributed by atoms with Crippen molar-refractivity contribution >= 4 is 33.9 Å². The fourth-order valence-electron chi connectivity index (χ4n) is 4.09. The molecule has 2 heterocycles. The van der Waals surface area contributed by atoms with Gasteiger partial charge in [0.25, 0.3) is 5.69 Å². The Balaban J connectivity index is 1.82. The Morgan fingerprint density at radius 3 is 2.69 bits per heavy atom. The van der Waals surface area contributed by atoms with Gasteiger partial charge in [-0.1, -0.05) is 20.8 Å². The summed E-state index contributed by atoms with van der Waals surface area (Å²) < 4.78 is 7.37. The van der Waals surface area contributed by atoms with Gasteiger partial charge in [-0.05, 0) is 43.8 Å². The summed E-state index contributed by atoms with van der Waals surface area (Å²) in [5.41, 5.74) is 3.38. The summed E-state index contributed by atoms with van der Waals surface area (Å²) >= 11 is 0. The van der Waals surface area contributed by atoms with Gasteiger partial charge in [0.1, 0.15) is 17.1 Å². The van der Waals surface area contributed by atoms with Crippen LogP contribution in [0.2, 0.25) is 0 Å². The molecule has 0 atom stereocenters. The Morgan fingerprint density at radius 2 is 2.00 bits per heavy atom. The van der Waals surface area contributed by atoms with Crippen LogP contribution in [0.15, 0.2) is 30.3 Å². The summed E-state index contributed by atoms with van der Waals surface area (Å²) in [5.74, 6) is 0.144. The van der Waals surface area contributed by atoms with Gasteiger partial charge < -0.3 is 15.0 Å². The summed E-state index contributed by atoms with van der Waals surface area (Å²) in [6, 6.07) is 8.51. The van der Waals surface area contributed by atoms with Gasteiger partial charge in [0.2, 0.25) is 0 Å². The molecule has 0 bridgehead atoms. The van der Waals surface area contributed by atoms with Gasteiger partial charge >= 0.3 is 5.97 Å². The van der Waals surface area contributed by atoms with Gasteiger partial charge in [-0.25, -0.2) is 0 Å². The molecule has 9 nitrogen and oxygen atoms in total. The number of nitrogens with zero attached hydrogens (tertiary/aromatic N) is 4. The van der Waals surface area contributed by atoms with E-state index in [0.29, 0.717) is 47.6 Å². The maximum Gasteiger partial charge on any atom is 0.311 e. The molecule has 0 saturated carbocycles. The third-order valence-corrected chi connectivity index (χ3v) is 5.81. The van der Waals surface area contributed by atoms with Crippen molar-refractivity contribution in [2.24, 2.45) is 0 Å². The largest absolute Gasteiger partial charge is 0.427 e. The van der Waals surface area contributed by atoms with E-state index in [-0.39, 0.29) is 16.6 Å². The lowest BCUT2D eigenvalue weighted by Crippen LogP contribution is -2.27. The Hall–Kier alpha value is -3.46. The predicted octanol–water partition coefficient (Wildman–Crippen LogP) is 4.72. The quantitative estimate of drug-likeness (QED) is 0.175. The second kappa shape index (κ2) is 8.96. The van der Waals surface area contributed by atoms with Crippen LogP contribution in [0.1, 0.15) is 33.6 Å². The SMILES string of the molecule is CCCC(=O)Oc1ccc2c(c1)-c1nn(CCN(CC)CC)c3ccc([N+](=O)[O-])c(c13)N2. The first-order chi connectivity index (χ1) is 15.5. The van der Waals surface area contributed by atoms with E-state index in [9.17, 15) is 14.9 Å². The van der Waals surface area contributed by atoms with Gasteiger partial charge in [-0.3, -0.25) is 19.6 Å². The number of ether oxygens (including phenoxy) is 1. The molecule has 0 unspecified atom stereocenters. The molecule has 2 aromatic carbocycles. The maximum atomic E-state index is 12.0. The first-order valence-corrected chi connectivity index (χ1v) is 11.0. The first kappa shape index (κ1) is 21.8. The van der Waals surface area contributed by atoms with Gasteiger partial charge in [0, 0.05) is 30.3 Å². The number of nitrogens with one attached hydrogen (secondary N) is 1. The van der Waals surface area contributed by atoms with Crippen LogP contribution in [0.25, 0.3) is 22.2 Å². The molecule has 0 fully saturated rings. The lowest BCUT2D eigenvalue weighted by Gasteiger charge is -2.18. The van der Waals surface area contributed by atoms with E-state index in [1.807, 2.05) is 11.6 Å². The van der Waals surface area contributed by atoms with E-state index in [1.54, 1.807) is 24.3 Å². The molecule has 1 aliphatic rings. The van der Waals surface area contributed by atoms with E-state index >= 15 is 0 Å². The number of fused-ring (bicyclic) bond motifs is 2. The standard InChI is InChI=1S/C23H27N5O4/c1-4-7-20(29)32-15-8-9-17-16(14-15)22-21-18(10-11-19(28(30)31)23(21)24-17)27(25-22)13-12-26(5-2)6-3/h8-11,14,24H,4-7,12-13H2,1-3H3. The summed E-state index contributed by atoms with van der Waals surface area (Å²) in [7, 11) is 0. The lowest BCUT2D eigenvalue weighted by molar-refractivity contribution is -0.383. The van der Waals surface area contributed by atoms with Crippen LogP contribution in [0.3, 0.4) is 0 Å². The van der Waals surface area contributed by atoms with Crippen LogP contribution < -0.4 is 10.1 Å². The third kappa shape index (κ3) is 3.91. The van der Waals surface area contributed by atoms with Crippen LogP contribution in [0, 0.1) is 10.1 Å². The number of carbonyl (C=O) groups excluding carboxylic acids is 1. The van der Waals surface area contributed by atoms with Crippen molar-refractivity contribution in [2.75, 3.05) is 25.0 Å². The number of nitro benzene ring substituents is 1. The van der Waals surface area contributed by atoms with E-state index in [4.69, 9.17) is 9.84 Å². The second-order valence-corrected chi connectivity index (χ2v) is 7.77. The number of anilines is 2. The Bertz CT molecular complexity index is 1180. The highest BCUT2D eigenvalue weighted by molar-refractivity contribution is 6.12. The molecule has 32 heavy (non-hydrogen) atoms. The number of aromatic nitrogens is 2. The lowest BCUT2D eigenvalue weighted by atomic mass is 9.99. The first-order valence-electron chi connectivity index (χ1n) is 11.0. The van der Waals surface area contributed by atoms with Crippen molar-refractivity contribution in [3.8, 4) is 17.0 Å². The van der Waals surface area contributed by atoms with Crippen molar-refractivity contribution in [1.82, 2.24) is 14.7 Å². The molecule has 0 spiro atoms. The monoisotopic (exact) mass is 437 g/mol. The van der Waals surface area contributed by atoms with Crippen LogP contribution in [-0.2, 0) is 11.3 Å². The van der Waals surface area contributed by atoms with Gasteiger partial charge in [0.05, 0.1) is 22.4 Å². The molecule has 1 N–H and O–H groups in total. The zero-order valence-corrected chi connectivity index (χ0v) is 18.6. The van der Waals surface area contributed by atoms with E-state index < -0.39 is 0 Å². The number of esters is 1. The number of hydrogen-bond donors (Lipinski definition) is 1. The van der Waals surface area contributed by atoms with Crippen LogP contribution in [0.4, 0.5) is 17.1 Å². The zero-order valence-electron chi connectivity index (χ0n) is 18.6. The fourth-order valence-corrected chi connectivity index (χ4v) is 4.09. The number of likely N-dealkylation sites (N-methyl/N-ethyl adjacent to an activating group) is 1. The van der Waals surface area contributed by atoms with Crippen LogP contribution in [-0.4, -0.2) is 45.2 Å². The molecule has 1 aromatic heterocycles. The molecule has 9 heteroatoms. The normalized spacial score (nSPS) is 12.0. The molecule has 0 amide bonds. The van der Waals surface area contributed by atoms with Crippen molar-refractivity contribution < 1.29 is 14.5 Å². The number of nitro groups is 1. The fraction of sp³-hybridized carbons (Fsp3) is 0.391. The zero-order chi connectivity index (χ0) is 22.8. The summed E-state index contributed by atoms with van der Waals surface area (Å²) in [4.78, 5) is 25.6. The van der Waals surface area contributed by atoms with Crippen molar-refractivity contribution in [2.45, 2.75) is 40.2 Å². The van der Waals surface area contributed by atoms with Crippen molar-refractivity contribution in [3.05, 3.63) is 40.4 Å². The van der Waals surface area contributed by atoms with Crippen LogP contribution >= 0.6 is 0 Å². The molecule has 0 radical (unpaired) electrons. The Kier molecular flexibility index (Phi) is 6.09. The average molecular weight is 438 g/mol. The molecule has 1 aliphatic heterocycles. The Morgan fingerprint density at radius 1 is 1.22 bits per heavy atom. The minimum atomic E-state index is -0.384. The third-order valence-electron chi connectivity index (χ3n) is 5.81. The molecular weight excluding hydrogens is 410 g/mol. The highest BCUT2D eigenvalue weighted by Gasteiger charge is 2.29. The van der Waals surface area contributed by atoms with Gasteiger partial charge in [-0.15, -0.1) is 0 Å². The summed E-state index contributed by atoms with van der Waals surface area (Å²) in [6.45, 7) is 9.52. The highest BCUT2D eigenvalue weighted by Crippen LogP contribution is 2.47. The van der Waals surface area contributed by atoms with Crippen molar-refractivity contribution in [1.29, 1.82) is 0 Å². The average Bonchev–Trinajstić information content (AvgIpc) is 3.15. The maximum absolute atomic E-state index is 12.0. The molecular formula is C23H27N5O4. The minimum absolute atomic E-state index is 0.00569. The van der Waals surface area contributed by atoms with Gasteiger partial charge in [-0.2, -0.15) is 5.10 Å². The Labute approximate surface area is 186 Å². The molecule has 0 saturated heterocycles. The molecule has 3 aromatic rings. The second-order valence-electron chi connectivity index (χ2n) is 7.77. The smallest absolute Gasteiger partial charge is 0.311 e. The van der Waals surface area contributed by atoms with E-state index in [1.165, 1.54) is 6.07 Å². The molecule has 4 rings (SSSR count). The van der Waals surface area contributed by atoms with Gasteiger partial charge in [0.15, 0.2) is 0 Å². The predicted molar refractivity (Wildman–Crippen MR) is 123 cm³/mol. The van der Waals surface area contributed by atoms with E-state index in [2.05, 4.69) is 24.1 Å². The summed E-state index contributed by atoms with van der Waals surface area (Å²) in [6.07, 6.45) is 1.05. The molecule has 0 aliphatic carbocycles. The molecule has 168 valence electrons. The minimum Gasteiger partial charge on any atom is -0.427 e. The number of rotatable bonds is 9. The van der Waals surface area contributed by atoms with E-state index in [0.717, 1.165) is 30.7 Å². The van der Waals surface area contributed by atoms with Crippen LogP contribution in [0.5, 0.6) is 5.75 Å². The highest BCUT2D eigenvalue weighted by atomic mass is 16.6. The number of hydrogen-bond acceptors (Lipinski definition) is 7. The summed E-state index contributed by atoms with van der Waals surface area (Å²) in [5, 5.41) is 20.5. The topological polar surface area (TPSA) is 103 Å². The number of carbonyl (C=O) groups is 1.